The Morgan fingerprint density at radius 3 is 2.73 bits per heavy atom. The Morgan fingerprint density at radius 1 is 1.55 bits per heavy atom. The topological polar surface area (TPSA) is 18.5 Å². The minimum Gasteiger partial charge on any atom is -0.348 e. The third-order valence-corrected chi connectivity index (χ3v) is 1.79. The van der Waals surface area contributed by atoms with Gasteiger partial charge >= 0.3 is 0 Å². The van der Waals surface area contributed by atoms with Gasteiger partial charge in [-0.25, -0.2) is 0 Å². The van der Waals surface area contributed by atoms with Crippen molar-refractivity contribution in [3.63, 3.8) is 0 Å². The molecule has 1 aliphatic rings. The second kappa shape index (κ2) is 3.72. The van der Waals surface area contributed by atoms with Crippen LogP contribution < -0.4 is 0 Å². The highest BCUT2D eigenvalue weighted by molar-refractivity contribution is 4.79. The smallest absolute Gasteiger partial charge is 0.166 e. The minimum atomic E-state index is -0.354. The van der Waals surface area contributed by atoms with Crippen LogP contribution >= 0.6 is 0 Å². The molecular weight excluding hydrogens is 140 g/mol. The zero-order chi connectivity index (χ0) is 8.16. The molecule has 1 rings (SSSR count). The van der Waals surface area contributed by atoms with Crippen LogP contribution in [0.4, 0.5) is 0 Å². The summed E-state index contributed by atoms with van der Waals surface area (Å²) < 4.78 is 10.8. The molecule has 1 aliphatic heterocycles. The first kappa shape index (κ1) is 8.54. The lowest BCUT2D eigenvalue weighted by Crippen LogP contribution is -2.24. The molecule has 0 unspecified atom stereocenters. The predicted octanol–water partition coefficient (Wildman–Crippen LogP) is 1.87. The van der Waals surface area contributed by atoms with E-state index in [1.807, 2.05) is 13.0 Å². The molecule has 2 nitrogen and oxygen atoms in total. The van der Waals surface area contributed by atoms with Gasteiger partial charge in [-0.3, -0.25) is 0 Å². The summed E-state index contributed by atoms with van der Waals surface area (Å²) in [6.07, 6.45) is 3.70. The van der Waals surface area contributed by atoms with E-state index in [0.717, 1.165) is 12.8 Å². The van der Waals surface area contributed by atoms with Crippen molar-refractivity contribution in [2.24, 2.45) is 0 Å². The van der Waals surface area contributed by atoms with E-state index >= 15 is 0 Å². The second-order valence-electron chi connectivity index (χ2n) is 2.78. The molecule has 0 saturated carbocycles. The van der Waals surface area contributed by atoms with Gasteiger partial charge in [0.2, 0.25) is 0 Å². The third-order valence-electron chi connectivity index (χ3n) is 1.79. The summed E-state index contributed by atoms with van der Waals surface area (Å²) in [7, 11) is 0. The van der Waals surface area contributed by atoms with E-state index in [0.29, 0.717) is 13.2 Å². The van der Waals surface area contributed by atoms with Crippen molar-refractivity contribution >= 4 is 0 Å². The normalized spacial score (nSPS) is 21.2. The largest absolute Gasteiger partial charge is 0.348 e. The van der Waals surface area contributed by atoms with Gasteiger partial charge in [-0.15, -0.1) is 5.73 Å². The van der Waals surface area contributed by atoms with E-state index in [2.05, 4.69) is 12.3 Å². The Kier molecular flexibility index (Phi) is 2.89. The molecule has 0 aromatic rings. The van der Waals surface area contributed by atoms with Crippen molar-refractivity contribution in [2.45, 2.75) is 25.6 Å². The summed E-state index contributed by atoms with van der Waals surface area (Å²) >= 11 is 0. The Morgan fingerprint density at radius 2 is 2.18 bits per heavy atom. The summed E-state index contributed by atoms with van der Waals surface area (Å²) in [5.41, 5.74) is 2.72. The van der Waals surface area contributed by atoms with Gasteiger partial charge in [0, 0.05) is 6.42 Å². The average Bonchev–Trinajstić information content (AvgIpc) is 2.38. The van der Waals surface area contributed by atoms with Crippen molar-refractivity contribution in [1.82, 2.24) is 0 Å². The van der Waals surface area contributed by atoms with Crippen LogP contribution in [0.1, 0.15) is 19.8 Å². The van der Waals surface area contributed by atoms with Crippen molar-refractivity contribution in [3.05, 3.63) is 18.4 Å². The molecule has 0 aliphatic carbocycles. The van der Waals surface area contributed by atoms with E-state index in [4.69, 9.17) is 9.47 Å². The molecule has 11 heavy (non-hydrogen) atoms. The maximum atomic E-state index is 5.40. The zero-order valence-electron chi connectivity index (χ0n) is 6.93. The second-order valence-corrected chi connectivity index (χ2v) is 2.78. The Labute approximate surface area is 67.5 Å². The van der Waals surface area contributed by atoms with Crippen LogP contribution in [0.3, 0.4) is 0 Å². The summed E-state index contributed by atoms with van der Waals surface area (Å²) in [5.74, 6) is -0.354. The summed E-state index contributed by atoms with van der Waals surface area (Å²) in [6.45, 7) is 6.89. The highest BCUT2D eigenvalue weighted by Gasteiger charge is 2.29. The monoisotopic (exact) mass is 154 g/mol. The molecule has 0 radical (unpaired) electrons. The molecule has 0 bridgehead atoms. The van der Waals surface area contributed by atoms with Crippen molar-refractivity contribution in [3.8, 4) is 0 Å². The molecule has 2 heteroatoms. The van der Waals surface area contributed by atoms with Crippen molar-refractivity contribution < 1.29 is 9.47 Å². The standard InChI is InChI=1S/C9H14O2/c1-3-4-5-6-9(2)10-7-8-11-9/h4H,1,5-8H2,2H3. The molecule has 0 spiro atoms. The zero-order valence-corrected chi connectivity index (χ0v) is 6.93. The molecule has 0 aromatic carbocycles. The fourth-order valence-corrected chi connectivity index (χ4v) is 1.14. The first-order valence-corrected chi connectivity index (χ1v) is 3.89. The maximum Gasteiger partial charge on any atom is 0.166 e. The highest BCUT2D eigenvalue weighted by Crippen LogP contribution is 2.23. The summed E-state index contributed by atoms with van der Waals surface area (Å²) in [6, 6.07) is 0. The number of hydrogen-bond acceptors (Lipinski definition) is 2. The van der Waals surface area contributed by atoms with E-state index in [9.17, 15) is 0 Å². The maximum absolute atomic E-state index is 5.40. The number of allylic oxidation sites excluding steroid dienone is 1. The summed E-state index contributed by atoms with van der Waals surface area (Å²) in [4.78, 5) is 0. The highest BCUT2D eigenvalue weighted by atomic mass is 16.7. The minimum absolute atomic E-state index is 0.354. The van der Waals surface area contributed by atoms with Gasteiger partial charge in [0.1, 0.15) is 0 Å². The SMILES string of the molecule is C=C=CCCC1(C)OCCO1. The lowest BCUT2D eigenvalue weighted by molar-refractivity contribution is -0.145. The molecule has 62 valence electrons. The molecule has 0 aromatic heterocycles. The van der Waals surface area contributed by atoms with Crippen LogP contribution in [0.2, 0.25) is 0 Å². The van der Waals surface area contributed by atoms with Crippen molar-refractivity contribution in [2.75, 3.05) is 13.2 Å². The van der Waals surface area contributed by atoms with Gasteiger partial charge in [-0.05, 0) is 19.4 Å². The molecule has 0 amide bonds. The van der Waals surface area contributed by atoms with Crippen LogP contribution in [0.25, 0.3) is 0 Å². The lowest BCUT2D eigenvalue weighted by atomic mass is 10.1. The first-order chi connectivity index (χ1) is 5.27. The predicted molar refractivity (Wildman–Crippen MR) is 43.3 cm³/mol. The van der Waals surface area contributed by atoms with Gasteiger partial charge in [0.15, 0.2) is 5.79 Å². The molecule has 1 fully saturated rings. The number of rotatable bonds is 3. The van der Waals surface area contributed by atoms with E-state index in [1.54, 1.807) is 0 Å². The average molecular weight is 154 g/mol. The van der Waals surface area contributed by atoms with Gasteiger partial charge in [0.25, 0.3) is 0 Å². The fraction of sp³-hybridized carbons (Fsp3) is 0.667. The van der Waals surface area contributed by atoms with E-state index < -0.39 is 0 Å². The molecule has 1 saturated heterocycles. The lowest BCUT2D eigenvalue weighted by Gasteiger charge is -2.20. The van der Waals surface area contributed by atoms with Crippen LogP contribution in [0.5, 0.6) is 0 Å². The van der Waals surface area contributed by atoms with Crippen LogP contribution in [0, 0.1) is 0 Å². The molecule has 0 N–H and O–H groups in total. The van der Waals surface area contributed by atoms with E-state index in [-0.39, 0.29) is 5.79 Å². The van der Waals surface area contributed by atoms with Crippen LogP contribution in [0.15, 0.2) is 18.4 Å². The van der Waals surface area contributed by atoms with Gasteiger partial charge in [-0.2, -0.15) is 0 Å². The Balaban J connectivity index is 2.28. The van der Waals surface area contributed by atoms with Crippen LogP contribution in [-0.2, 0) is 9.47 Å². The Bertz CT molecular complexity index is 162. The molecule has 1 heterocycles. The van der Waals surface area contributed by atoms with E-state index in [1.165, 1.54) is 0 Å². The quantitative estimate of drug-likeness (QED) is 0.578. The molecule has 0 atom stereocenters. The fourth-order valence-electron chi connectivity index (χ4n) is 1.14. The third kappa shape index (κ3) is 2.51. The number of hydrogen-bond donors (Lipinski definition) is 0. The summed E-state index contributed by atoms with van der Waals surface area (Å²) in [5, 5.41) is 0. The van der Waals surface area contributed by atoms with Gasteiger partial charge in [-0.1, -0.05) is 6.58 Å². The van der Waals surface area contributed by atoms with Crippen molar-refractivity contribution in [1.29, 1.82) is 0 Å². The first-order valence-electron chi connectivity index (χ1n) is 3.89. The van der Waals surface area contributed by atoms with Gasteiger partial charge < -0.3 is 9.47 Å². The van der Waals surface area contributed by atoms with Crippen LogP contribution in [-0.4, -0.2) is 19.0 Å². The number of ether oxygens (including phenoxy) is 2. The molecular formula is C9H14O2. The Hall–Kier alpha value is -0.560. The van der Waals surface area contributed by atoms with Gasteiger partial charge in [0.05, 0.1) is 13.2 Å².